The predicted octanol–water partition coefficient (Wildman–Crippen LogP) is 3.21. The summed E-state index contributed by atoms with van der Waals surface area (Å²) in [7, 11) is 0. The van der Waals surface area contributed by atoms with Gasteiger partial charge in [-0.05, 0) is 62.7 Å². The maximum absolute atomic E-state index is 13.4. The summed E-state index contributed by atoms with van der Waals surface area (Å²) in [4.78, 5) is 16.5. The molecule has 0 radical (unpaired) electrons. The topological polar surface area (TPSA) is 47.6 Å². The summed E-state index contributed by atoms with van der Waals surface area (Å²) in [5.74, 6) is -0.554. The number of likely N-dealkylation sites (tertiary alicyclic amines) is 1. The first kappa shape index (κ1) is 20.8. The predicted molar refractivity (Wildman–Crippen MR) is 108 cm³/mol. The molecule has 3 rings (SSSR count). The average molecular weight is 395 g/mol. The zero-order chi connectivity index (χ0) is 19.9. The molecule has 0 unspecified atom stereocenters. The van der Waals surface area contributed by atoms with Crippen molar-refractivity contribution in [2.45, 2.75) is 32.6 Å². The highest BCUT2D eigenvalue weighted by molar-refractivity contribution is 5.73. The summed E-state index contributed by atoms with van der Waals surface area (Å²) in [5, 5.41) is 5.87. The molecule has 2 heterocycles. The van der Waals surface area contributed by atoms with E-state index in [2.05, 4.69) is 22.5 Å². The second-order valence-electron chi connectivity index (χ2n) is 8.24. The third-order valence-electron chi connectivity index (χ3n) is 5.78. The van der Waals surface area contributed by atoms with E-state index in [1.165, 1.54) is 32.0 Å². The van der Waals surface area contributed by atoms with Crippen LogP contribution in [0.4, 0.5) is 19.3 Å². The summed E-state index contributed by atoms with van der Waals surface area (Å²) >= 11 is 0. The number of nitrogens with one attached hydrogen (secondary N) is 2. The molecule has 2 fully saturated rings. The highest BCUT2D eigenvalue weighted by Gasteiger charge is 2.23. The molecule has 0 saturated carbocycles. The minimum atomic E-state index is -0.826. The zero-order valence-electron chi connectivity index (χ0n) is 16.7. The second kappa shape index (κ2) is 10.0. The number of piperidine rings is 1. The van der Waals surface area contributed by atoms with Crippen LogP contribution < -0.4 is 15.5 Å². The summed E-state index contributed by atoms with van der Waals surface area (Å²) in [6, 6.07) is 3.87. The van der Waals surface area contributed by atoms with Crippen LogP contribution in [-0.4, -0.2) is 56.7 Å². The minimum absolute atomic E-state index is 0.127. The second-order valence-corrected chi connectivity index (χ2v) is 8.24. The Morgan fingerprint density at radius 2 is 2.00 bits per heavy atom. The first-order valence-electron chi connectivity index (χ1n) is 10.5. The fraction of sp³-hybridized carbons (Fsp3) is 0.667. The third-order valence-corrected chi connectivity index (χ3v) is 5.78. The molecular formula is C21H32F2N4O. The quantitative estimate of drug-likeness (QED) is 0.698. The van der Waals surface area contributed by atoms with Crippen LogP contribution in [0.15, 0.2) is 18.2 Å². The lowest BCUT2D eigenvalue weighted by Crippen LogP contribution is -2.40. The normalized spacial score (nSPS) is 23.0. The fourth-order valence-electron chi connectivity index (χ4n) is 4.21. The molecule has 1 aromatic carbocycles. The molecule has 2 N–H and O–H groups in total. The van der Waals surface area contributed by atoms with Gasteiger partial charge in [-0.25, -0.2) is 13.6 Å². The van der Waals surface area contributed by atoms with Crippen LogP contribution in [0.5, 0.6) is 0 Å². The van der Waals surface area contributed by atoms with E-state index in [1.54, 1.807) is 6.07 Å². The van der Waals surface area contributed by atoms with Gasteiger partial charge in [-0.15, -0.1) is 0 Å². The van der Waals surface area contributed by atoms with Crippen molar-refractivity contribution in [1.82, 2.24) is 15.5 Å². The molecule has 0 spiro atoms. The smallest absolute Gasteiger partial charge is 0.314 e. The molecule has 2 aliphatic heterocycles. The van der Waals surface area contributed by atoms with Crippen LogP contribution in [-0.2, 0) is 0 Å². The molecule has 2 atom stereocenters. The summed E-state index contributed by atoms with van der Waals surface area (Å²) in [6.07, 6.45) is 4.49. The molecule has 0 aliphatic carbocycles. The number of amides is 2. The van der Waals surface area contributed by atoms with E-state index in [1.807, 2.05) is 4.90 Å². The lowest BCUT2D eigenvalue weighted by molar-refractivity contribution is 0.181. The molecule has 2 saturated heterocycles. The molecule has 2 amide bonds. The first-order valence-corrected chi connectivity index (χ1v) is 10.5. The van der Waals surface area contributed by atoms with Crippen molar-refractivity contribution in [3.63, 3.8) is 0 Å². The van der Waals surface area contributed by atoms with E-state index >= 15 is 0 Å². The van der Waals surface area contributed by atoms with E-state index in [0.29, 0.717) is 24.7 Å². The van der Waals surface area contributed by atoms with Crippen molar-refractivity contribution >= 4 is 11.7 Å². The van der Waals surface area contributed by atoms with E-state index in [9.17, 15) is 13.6 Å². The highest BCUT2D eigenvalue weighted by atomic mass is 19.2. The summed E-state index contributed by atoms with van der Waals surface area (Å²) < 4.78 is 26.5. The van der Waals surface area contributed by atoms with Gasteiger partial charge in [0.2, 0.25) is 0 Å². The molecule has 0 bridgehead atoms. The highest BCUT2D eigenvalue weighted by Crippen LogP contribution is 2.25. The largest absolute Gasteiger partial charge is 0.371 e. The summed E-state index contributed by atoms with van der Waals surface area (Å²) in [5.41, 5.74) is 0.692. The minimum Gasteiger partial charge on any atom is -0.371 e. The van der Waals surface area contributed by atoms with E-state index in [0.717, 1.165) is 44.5 Å². The number of hydrogen-bond acceptors (Lipinski definition) is 3. The summed E-state index contributed by atoms with van der Waals surface area (Å²) in [6.45, 7) is 8.48. The van der Waals surface area contributed by atoms with Gasteiger partial charge < -0.3 is 20.4 Å². The third kappa shape index (κ3) is 6.06. The van der Waals surface area contributed by atoms with Crippen molar-refractivity contribution in [2.75, 3.05) is 50.7 Å². The van der Waals surface area contributed by atoms with Crippen molar-refractivity contribution in [3.05, 3.63) is 29.8 Å². The lowest BCUT2D eigenvalue weighted by Gasteiger charge is -2.30. The molecule has 156 valence electrons. The fourth-order valence-corrected chi connectivity index (χ4v) is 4.21. The molecule has 1 aromatic rings. The first-order chi connectivity index (χ1) is 13.5. The Morgan fingerprint density at radius 1 is 1.14 bits per heavy atom. The maximum Gasteiger partial charge on any atom is 0.314 e. The molecule has 28 heavy (non-hydrogen) atoms. The monoisotopic (exact) mass is 394 g/mol. The number of hydrogen-bond donors (Lipinski definition) is 2. The number of nitrogens with zero attached hydrogens (tertiary/aromatic N) is 2. The van der Waals surface area contributed by atoms with Crippen LogP contribution in [0, 0.1) is 23.5 Å². The van der Waals surface area contributed by atoms with Gasteiger partial charge in [-0.1, -0.05) is 6.92 Å². The van der Waals surface area contributed by atoms with Gasteiger partial charge in [0.15, 0.2) is 11.6 Å². The van der Waals surface area contributed by atoms with Gasteiger partial charge in [-0.2, -0.15) is 0 Å². The van der Waals surface area contributed by atoms with Gasteiger partial charge in [0.1, 0.15) is 0 Å². The van der Waals surface area contributed by atoms with Crippen LogP contribution >= 0.6 is 0 Å². The molecule has 5 nitrogen and oxygen atoms in total. The van der Waals surface area contributed by atoms with E-state index in [4.69, 9.17) is 0 Å². The number of anilines is 1. The van der Waals surface area contributed by atoms with E-state index in [-0.39, 0.29) is 6.03 Å². The van der Waals surface area contributed by atoms with Crippen molar-refractivity contribution < 1.29 is 13.6 Å². The Hall–Kier alpha value is -1.89. The van der Waals surface area contributed by atoms with Gasteiger partial charge in [-0.3, -0.25) is 0 Å². The molecule has 7 heteroatoms. The Morgan fingerprint density at radius 3 is 2.79 bits per heavy atom. The van der Waals surface area contributed by atoms with Crippen molar-refractivity contribution in [3.8, 4) is 0 Å². The number of rotatable bonds is 7. The van der Waals surface area contributed by atoms with Crippen molar-refractivity contribution in [1.29, 1.82) is 0 Å². The van der Waals surface area contributed by atoms with Crippen LogP contribution in [0.2, 0.25) is 0 Å². The standard InChI is InChI=1S/C21H32F2N4O/c1-16-4-2-9-26(14-16)10-3-8-24-21(28)25-13-17-7-11-27(15-17)18-5-6-19(22)20(23)12-18/h5-6,12,16-17H,2-4,7-11,13-15H2,1H3,(H2,24,25,28)/t16-,17-/m1/s1. The van der Waals surface area contributed by atoms with Crippen molar-refractivity contribution in [2.24, 2.45) is 11.8 Å². The number of carbonyl (C=O) groups is 1. The molecule has 0 aromatic heterocycles. The zero-order valence-corrected chi connectivity index (χ0v) is 16.7. The number of carbonyl (C=O) groups excluding carboxylic acids is 1. The van der Waals surface area contributed by atoms with Gasteiger partial charge in [0.05, 0.1) is 0 Å². The SMILES string of the molecule is C[C@@H]1CCCN(CCCNC(=O)NC[C@H]2CCN(c3ccc(F)c(F)c3)C2)C1. The Kier molecular flexibility index (Phi) is 7.48. The molecule has 2 aliphatic rings. The average Bonchev–Trinajstić information content (AvgIpc) is 3.15. The van der Waals surface area contributed by atoms with Gasteiger partial charge in [0.25, 0.3) is 0 Å². The Bertz CT molecular complexity index is 657. The van der Waals surface area contributed by atoms with E-state index < -0.39 is 11.6 Å². The number of benzene rings is 1. The number of halogens is 2. The maximum atomic E-state index is 13.4. The van der Waals surface area contributed by atoms with Crippen LogP contribution in [0.1, 0.15) is 32.6 Å². The Balaban J connectivity index is 1.29. The van der Waals surface area contributed by atoms with Gasteiger partial charge in [0, 0.05) is 44.5 Å². The number of urea groups is 1. The van der Waals surface area contributed by atoms with Gasteiger partial charge >= 0.3 is 6.03 Å². The molecular weight excluding hydrogens is 362 g/mol. The lowest BCUT2D eigenvalue weighted by atomic mass is 10.0. The Labute approximate surface area is 166 Å². The van der Waals surface area contributed by atoms with Crippen LogP contribution in [0.25, 0.3) is 0 Å². The van der Waals surface area contributed by atoms with Crippen LogP contribution in [0.3, 0.4) is 0 Å².